The van der Waals surface area contributed by atoms with Gasteiger partial charge in [0.25, 0.3) is 0 Å². The van der Waals surface area contributed by atoms with Crippen LogP contribution in [0.1, 0.15) is 99.8 Å². The number of esters is 1. The standard InChI is InChI=1S/C37H64N4O5/c1-23(2)9-8-10-26(34(45)40-17-20-41(18-15-38)19-16-39)32-28-21-30(44)33-35(5)13-12-29(43)24(3)27(35)11-14-36(33,6)37(28,7)22-31(32)46-25(4)42/h9,24,27-31,33,43-44H,8,10-22,38-39H2,1-7H3,(H,40,45)/b32-26-/t24-,27-,28-,29+,30+,31-,33-,35-,36-,37-/m0/s1. The van der Waals surface area contributed by atoms with Crippen LogP contribution in [0.15, 0.2) is 22.8 Å². The zero-order valence-corrected chi connectivity index (χ0v) is 29.7. The van der Waals surface area contributed by atoms with Gasteiger partial charge in [-0.3, -0.25) is 14.5 Å². The molecule has 0 aromatic rings. The molecule has 4 aliphatic carbocycles. The summed E-state index contributed by atoms with van der Waals surface area (Å²) in [6.45, 7) is 18.4. The average Bonchev–Trinajstić information content (AvgIpc) is 3.24. The number of hydrogen-bond acceptors (Lipinski definition) is 8. The van der Waals surface area contributed by atoms with Crippen LogP contribution in [-0.4, -0.2) is 84.6 Å². The Kier molecular flexibility index (Phi) is 11.9. The number of ether oxygens (including phenoxy) is 1. The molecule has 9 nitrogen and oxygen atoms in total. The van der Waals surface area contributed by atoms with Gasteiger partial charge in [0.05, 0.1) is 12.2 Å². The van der Waals surface area contributed by atoms with Crippen molar-refractivity contribution in [3.63, 3.8) is 0 Å². The second-order valence-electron chi connectivity index (χ2n) is 16.0. The van der Waals surface area contributed by atoms with Crippen LogP contribution in [0.4, 0.5) is 0 Å². The number of amides is 1. The van der Waals surface area contributed by atoms with E-state index in [2.05, 4.69) is 57.8 Å². The maximum Gasteiger partial charge on any atom is 0.303 e. The number of aliphatic hydroxyl groups is 2. The molecule has 4 rings (SSSR count). The molecule has 0 spiro atoms. The van der Waals surface area contributed by atoms with Gasteiger partial charge in [-0.1, -0.05) is 39.3 Å². The number of nitrogens with zero attached hydrogens (tertiary/aromatic N) is 1. The van der Waals surface area contributed by atoms with Crippen LogP contribution >= 0.6 is 0 Å². The Bertz CT molecular complexity index is 1160. The molecule has 9 heteroatoms. The zero-order valence-electron chi connectivity index (χ0n) is 29.7. The normalized spacial score (nSPS) is 39.6. The molecular formula is C37H64N4O5. The van der Waals surface area contributed by atoms with Crippen molar-refractivity contribution in [2.24, 2.45) is 51.4 Å². The molecule has 262 valence electrons. The Morgan fingerprint density at radius 1 is 1.00 bits per heavy atom. The second kappa shape index (κ2) is 14.8. The van der Waals surface area contributed by atoms with E-state index < -0.39 is 12.2 Å². The van der Waals surface area contributed by atoms with Crippen molar-refractivity contribution < 1.29 is 24.5 Å². The molecule has 0 bridgehead atoms. The number of carbonyl (C=O) groups excluding carboxylic acids is 2. The molecule has 4 saturated carbocycles. The molecule has 0 radical (unpaired) electrons. The third-order valence-electron chi connectivity index (χ3n) is 13.2. The third-order valence-corrected chi connectivity index (χ3v) is 13.2. The molecule has 0 aromatic carbocycles. The molecular weight excluding hydrogens is 580 g/mol. The minimum absolute atomic E-state index is 0.0614. The first-order valence-corrected chi connectivity index (χ1v) is 17.9. The molecule has 0 saturated heterocycles. The summed E-state index contributed by atoms with van der Waals surface area (Å²) < 4.78 is 6.13. The quantitative estimate of drug-likeness (QED) is 0.122. The number of nitrogens with two attached hydrogens (primary N) is 2. The maximum atomic E-state index is 14.2. The van der Waals surface area contributed by atoms with Crippen LogP contribution in [0.25, 0.3) is 0 Å². The smallest absolute Gasteiger partial charge is 0.303 e. The van der Waals surface area contributed by atoms with Crippen molar-refractivity contribution in [3.8, 4) is 0 Å². The van der Waals surface area contributed by atoms with E-state index in [1.807, 2.05) is 0 Å². The number of aliphatic hydroxyl groups excluding tert-OH is 2. The van der Waals surface area contributed by atoms with E-state index in [-0.39, 0.29) is 52.0 Å². The molecule has 46 heavy (non-hydrogen) atoms. The van der Waals surface area contributed by atoms with Crippen LogP contribution in [0.5, 0.6) is 0 Å². The van der Waals surface area contributed by atoms with Gasteiger partial charge in [-0.2, -0.15) is 0 Å². The molecule has 0 aromatic heterocycles. The van der Waals surface area contributed by atoms with Gasteiger partial charge in [0.15, 0.2) is 0 Å². The summed E-state index contributed by atoms with van der Waals surface area (Å²) in [5.41, 5.74) is 13.8. The van der Waals surface area contributed by atoms with E-state index in [0.717, 1.165) is 31.3 Å². The molecule has 0 aliphatic heterocycles. The number of hydrogen-bond donors (Lipinski definition) is 5. The van der Waals surface area contributed by atoms with E-state index in [1.165, 1.54) is 12.5 Å². The van der Waals surface area contributed by atoms with Crippen molar-refractivity contribution >= 4 is 11.9 Å². The zero-order chi connectivity index (χ0) is 34.0. The van der Waals surface area contributed by atoms with Gasteiger partial charge in [0, 0.05) is 51.8 Å². The highest BCUT2D eigenvalue weighted by Crippen LogP contribution is 2.74. The van der Waals surface area contributed by atoms with Gasteiger partial charge in [-0.05, 0) is 111 Å². The van der Waals surface area contributed by atoms with Crippen molar-refractivity contribution in [2.45, 2.75) is 118 Å². The van der Waals surface area contributed by atoms with Crippen molar-refractivity contribution in [2.75, 3.05) is 39.3 Å². The Balaban J connectivity index is 1.75. The Hall–Kier alpha value is -1.78. The summed E-state index contributed by atoms with van der Waals surface area (Å²) in [5, 5.41) is 26.2. The summed E-state index contributed by atoms with van der Waals surface area (Å²) in [4.78, 5) is 28.9. The summed E-state index contributed by atoms with van der Waals surface area (Å²) in [7, 11) is 0. The lowest BCUT2D eigenvalue weighted by atomic mass is 9.36. The monoisotopic (exact) mass is 644 g/mol. The van der Waals surface area contributed by atoms with Gasteiger partial charge in [0.2, 0.25) is 5.91 Å². The Morgan fingerprint density at radius 2 is 1.67 bits per heavy atom. The van der Waals surface area contributed by atoms with Gasteiger partial charge in [-0.25, -0.2) is 0 Å². The molecule has 4 aliphatic rings. The fraction of sp³-hybridized carbons (Fsp3) is 0.838. The molecule has 0 heterocycles. The van der Waals surface area contributed by atoms with Gasteiger partial charge >= 0.3 is 5.97 Å². The largest absolute Gasteiger partial charge is 0.458 e. The average molecular weight is 645 g/mol. The Labute approximate surface area is 277 Å². The molecule has 1 amide bonds. The minimum Gasteiger partial charge on any atom is -0.458 e. The highest BCUT2D eigenvalue weighted by atomic mass is 16.5. The molecule has 4 fully saturated rings. The number of nitrogens with one attached hydrogen (secondary N) is 1. The van der Waals surface area contributed by atoms with Crippen LogP contribution in [0.2, 0.25) is 0 Å². The number of allylic oxidation sites excluding steroid dienone is 2. The SMILES string of the molecule is CC(=O)O[C@H]1C[C@@]2(C)[C@@H](C[C@@H](O)[C@H]3[C@@]4(C)CC[C@@H](O)[C@@H](C)[C@@H]4CC[C@@]32C)/C1=C(\CCC=C(C)C)C(=O)NCCN(CCN)CCN. The predicted molar refractivity (Wildman–Crippen MR) is 182 cm³/mol. The second-order valence-corrected chi connectivity index (χ2v) is 16.0. The fourth-order valence-electron chi connectivity index (χ4n) is 10.9. The lowest BCUT2D eigenvalue weighted by Gasteiger charge is -2.69. The highest BCUT2D eigenvalue weighted by Gasteiger charge is 2.70. The van der Waals surface area contributed by atoms with E-state index in [0.29, 0.717) is 76.4 Å². The van der Waals surface area contributed by atoms with Crippen LogP contribution < -0.4 is 16.8 Å². The maximum absolute atomic E-state index is 14.2. The van der Waals surface area contributed by atoms with Crippen molar-refractivity contribution in [3.05, 3.63) is 22.8 Å². The van der Waals surface area contributed by atoms with Crippen molar-refractivity contribution in [1.29, 1.82) is 0 Å². The predicted octanol–water partition coefficient (Wildman–Crippen LogP) is 3.92. The van der Waals surface area contributed by atoms with Crippen molar-refractivity contribution in [1.82, 2.24) is 10.2 Å². The van der Waals surface area contributed by atoms with Gasteiger partial charge in [-0.15, -0.1) is 0 Å². The molecule has 10 atom stereocenters. The van der Waals surface area contributed by atoms with Gasteiger partial charge < -0.3 is 31.7 Å². The summed E-state index contributed by atoms with van der Waals surface area (Å²) >= 11 is 0. The summed E-state index contributed by atoms with van der Waals surface area (Å²) in [6.07, 6.45) is 6.85. The van der Waals surface area contributed by atoms with E-state index in [4.69, 9.17) is 16.2 Å². The lowest BCUT2D eigenvalue weighted by molar-refractivity contribution is -0.234. The number of carbonyl (C=O) groups is 2. The van der Waals surface area contributed by atoms with Gasteiger partial charge in [0.1, 0.15) is 6.10 Å². The van der Waals surface area contributed by atoms with Crippen LogP contribution in [0.3, 0.4) is 0 Å². The van der Waals surface area contributed by atoms with E-state index in [9.17, 15) is 19.8 Å². The first-order valence-electron chi connectivity index (χ1n) is 17.9. The minimum atomic E-state index is -0.549. The highest BCUT2D eigenvalue weighted by molar-refractivity contribution is 5.94. The number of fused-ring (bicyclic) bond motifs is 5. The summed E-state index contributed by atoms with van der Waals surface area (Å²) in [6, 6.07) is 0. The third kappa shape index (κ3) is 6.87. The molecule has 0 unspecified atom stereocenters. The Morgan fingerprint density at radius 3 is 2.28 bits per heavy atom. The summed E-state index contributed by atoms with van der Waals surface area (Å²) in [5.74, 6) is 0.0651. The topological polar surface area (TPSA) is 151 Å². The van der Waals surface area contributed by atoms with E-state index in [1.54, 1.807) is 0 Å². The van der Waals surface area contributed by atoms with Crippen LogP contribution in [-0.2, 0) is 14.3 Å². The first-order chi connectivity index (χ1) is 21.6. The lowest BCUT2D eigenvalue weighted by Crippen LogP contribution is -2.65. The fourth-order valence-corrected chi connectivity index (χ4v) is 10.9. The molecule has 7 N–H and O–H groups in total. The number of rotatable bonds is 12. The first kappa shape index (κ1) is 37.0. The van der Waals surface area contributed by atoms with E-state index >= 15 is 0 Å². The van der Waals surface area contributed by atoms with Crippen LogP contribution in [0, 0.1) is 39.9 Å².